The third-order valence-corrected chi connectivity index (χ3v) is 5.62. The van der Waals surface area contributed by atoms with Crippen LogP contribution in [0.4, 0.5) is 4.79 Å². The molecule has 32 heavy (non-hydrogen) atoms. The lowest BCUT2D eigenvalue weighted by atomic mass is 9.92. The Bertz CT molecular complexity index is 929. The van der Waals surface area contributed by atoms with Gasteiger partial charge in [-0.3, -0.25) is 9.63 Å². The Hall–Kier alpha value is -3.39. The lowest BCUT2D eigenvalue weighted by Gasteiger charge is -2.21. The summed E-state index contributed by atoms with van der Waals surface area (Å²) in [7, 11) is 0. The molecule has 2 amide bonds. The van der Waals surface area contributed by atoms with Crippen molar-refractivity contribution in [2.24, 2.45) is 11.8 Å². The molecular formula is C24H28N2O6. The van der Waals surface area contributed by atoms with Gasteiger partial charge in [-0.2, -0.15) is 0 Å². The van der Waals surface area contributed by atoms with Gasteiger partial charge in [0.25, 0.3) is 0 Å². The summed E-state index contributed by atoms with van der Waals surface area (Å²) in [6.07, 6.45) is -0.457. The Morgan fingerprint density at radius 2 is 1.59 bits per heavy atom. The third kappa shape index (κ3) is 5.85. The first-order valence-electron chi connectivity index (χ1n) is 10.6. The van der Waals surface area contributed by atoms with Gasteiger partial charge in [0.05, 0.1) is 0 Å². The molecule has 1 unspecified atom stereocenters. The van der Waals surface area contributed by atoms with Crippen molar-refractivity contribution >= 4 is 18.0 Å². The second kappa shape index (κ2) is 10.8. The third-order valence-electron chi connectivity index (χ3n) is 5.62. The Balaban J connectivity index is 1.51. The standard InChI is InChI=1S/C24H28N2O6/c1-15(2)16(11-22(27)26-32-14-23(28)29)12-25-24(30)31-13-21-19-9-5-3-7-17(19)18-8-4-6-10-20(18)21/h3-10,15-16,21H,11-14H2,1-2H3,(H,25,30)(H,26,27)(H,28,29). The van der Waals surface area contributed by atoms with E-state index in [2.05, 4.69) is 39.9 Å². The lowest BCUT2D eigenvalue weighted by Crippen LogP contribution is -2.36. The van der Waals surface area contributed by atoms with Crippen LogP contribution in [0.3, 0.4) is 0 Å². The van der Waals surface area contributed by atoms with Crippen molar-refractivity contribution in [3.63, 3.8) is 0 Å². The van der Waals surface area contributed by atoms with Crippen LogP contribution in [-0.2, 0) is 19.2 Å². The lowest BCUT2D eigenvalue weighted by molar-refractivity contribution is -0.149. The van der Waals surface area contributed by atoms with Gasteiger partial charge in [0.2, 0.25) is 5.91 Å². The van der Waals surface area contributed by atoms with Crippen LogP contribution >= 0.6 is 0 Å². The first-order valence-corrected chi connectivity index (χ1v) is 10.6. The van der Waals surface area contributed by atoms with Gasteiger partial charge in [-0.15, -0.1) is 0 Å². The quantitative estimate of drug-likeness (QED) is 0.489. The second-order valence-electron chi connectivity index (χ2n) is 8.12. The summed E-state index contributed by atoms with van der Waals surface area (Å²) in [4.78, 5) is 39.4. The Morgan fingerprint density at radius 3 is 2.16 bits per heavy atom. The van der Waals surface area contributed by atoms with Crippen LogP contribution in [0.2, 0.25) is 0 Å². The number of alkyl carbamates (subject to hydrolysis) is 1. The fourth-order valence-electron chi connectivity index (χ4n) is 3.87. The molecule has 8 nitrogen and oxygen atoms in total. The van der Waals surface area contributed by atoms with Crippen LogP contribution in [0.1, 0.15) is 37.3 Å². The molecule has 0 aromatic heterocycles. The Kier molecular flexibility index (Phi) is 7.83. The molecule has 0 radical (unpaired) electrons. The predicted molar refractivity (Wildman–Crippen MR) is 118 cm³/mol. The molecule has 1 atom stereocenters. The predicted octanol–water partition coefficient (Wildman–Crippen LogP) is 3.32. The molecule has 2 aromatic rings. The van der Waals surface area contributed by atoms with E-state index in [1.807, 2.05) is 38.1 Å². The molecule has 0 saturated heterocycles. The summed E-state index contributed by atoms with van der Waals surface area (Å²) < 4.78 is 5.53. The number of fused-ring (bicyclic) bond motifs is 3. The summed E-state index contributed by atoms with van der Waals surface area (Å²) in [6.45, 7) is 3.73. The maximum Gasteiger partial charge on any atom is 0.407 e. The molecule has 0 heterocycles. The van der Waals surface area contributed by atoms with Gasteiger partial charge in [-0.25, -0.2) is 15.1 Å². The van der Waals surface area contributed by atoms with Crippen molar-refractivity contribution in [1.29, 1.82) is 0 Å². The highest BCUT2D eigenvalue weighted by molar-refractivity contribution is 5.79. The highest BCUT2D eigenvalue weighted by Gasteiger charge is 2.29. The second-order valence-corrected chi connectivity index (χ2v) is 8.12. The van der Waals surface area contributed by atoms with E-state index in [1.54, 1.807) is 0 Å². The number of carbonyl (C=O) groups is 3. The van der Waals surface area contributed by atoms with E-state index >= 15 is 0 Å². The zero-order valence-corrected chi connectivity index (χ0v) is 18.2. The zero-order valence-electron chi connectivity index (χ0n) is 18.2. The van der Waals surface area contributed by atoms with Crippen LogP contribution in [0.25, 0.3) is 11.1 Å². The minimum Gasteiger partial charge on any atom is -0.479 e. The molecule has 0 saturated carbocycles. The summed E-state index contributed by atoms with van der Waals surface area (Å²) in [6, 6.07) is 16.2. The van der Waals surface area contributed by atoms with Crippen molar-refractivity contribution in [2.75, 3.05) is 19.8 Å². The van der Waals surface area contributed by atoms with Crippen molar-refractivity contribution in [2.45, 2.75) is 26.2 Å². The minimum absolute atomic E-state index is 0.0220. The zero-order chi connectivity index (χ0) is 23.1. The smallest absolute Gasteiger partial charge is 0.407 e. The molecule has 2 aromatic carbocycles. The number of rotatable bonds is 10. The van der Waals surface area contributed by atoms with E-state index in [1.165, 1.54) is 0 Å². The number of hydrogen-bond acceptors (Lipinski definition) is 5. The average Bonchev–Trinajstić information content (AvgIpc) is 3.08. The molecule has 3 N–H and O–H groups in total. The van der Waals surface area contributed by atoms with Gasteiger partial charge < -0.3 is 15.2 Å². The first-order chi connectivity index (χ1) is 15.4. The molecule has 3 rings (SSSR count). The summed E-state index contributed by atoms with van der Waals surface area (Å²) in [5.74, 6) is -1.70. The van der Waals surface area contributed by atoms with Gasteiger partial charge in [-0.05, 0) is 34.1 Å². The molecule has 1 aliphatic carbocycles. The SMILES string of the molecule is CC(C)C(CNC(=O)OCC1c2ccccc2-c2ccccc21)CC(=O)NOCC(=O)O. The van der Waals surface area contributed by atoms with E-state index in [0.29, 0.717) is 0 Å². The molecular weight excluding hydrogens is 412 g/mol. The number of ether oxygens (including phenoxy) is 1. The number of carboxylic acids is 1. The fraction of sp³-hybridized carbons (Fsp3) is 0.375. The minimum atomic E-state index is -1.18. The largest absolute Gasteiger partial charge is 0.479 e. The molecule has 0 bridgehead atoms. The highest BCUT2D eigenvalue weighted by Crippen LogP contribution is 2.44. The monoisotopic (exact) mass is 440 g/mol. The van der Waals surface area contributed by atoms with Crippen molar-refractivity contribution in [3.8, 4) is 11.1 Å². The van der Waals surface area contributed by atoms with E-state index in [4.69, 9.17) is 9.84 Å². The molecule has 1 aliphatic rings. The maximum absolute atomic E-state index is 12.4. The van der Waals surface area contributed by atoms with Gasteiger partial charge in [0.15, 0.2) is 6.61 Å². The van der Waals surface area contributed by atoms with Crippen LogP contribution in [0.5, 0.6) is 0 Å². The number of hydrogen-bond donors (Lipinski definition) is 3. The topological polar surface area (TPSA) is 114 Å². The van der Waals surface area contributed by atoms with Gasteiger partial charge in [-0.1, -0.05) is 62.4 Å². The summed E-state index contributed by atoms with van der Waals surface area (Å²) in [5, 5.41) is 11.3. The average molecular weight is 440 g/mol. The number of carboxylic acid groups (broad SMARTS) is 1. The number of hydroxylamine groups is 1. The number of benzene rings is 2. The summed E-state index contributed by atoms with van der Waals surface area (Å²) in [5.41, 5.74) is 6.70. The molecule has 8 heteroatoms. The van der Waals surface area contributed by atoms with Crippen molar-refractivity contribution in [1.82, 2.24) is 10.8 Å². The molecule has 0 fully saturated rings. The van der Waals surface area contributed by atoms with Crippen LogP contribution in [0.15, 0.2) is 48.5 Å². The number of carbonyl (C=O) groups excluding carboxylic acids is 2. The van der Waals surface area contributed by atoms with Gasteiger partial charge in [0, 0.05) is 18.9 Å². The van der Waals surface area contributed by atoms with Gasteiger partial charge in [0.1, 0.15) is 6.61 Å². The van der Waals surface area contributed by atoms with Crippen LogP contribution in [0, 0.1) is 11.8 Å². The molecule has 0 spiro atoms. The van der Waals surface area contributed by atoms with Crippen LogP contribution in [-0.4, -0.2) is 42.8 Å². The van der Waals surface area contributed by atoms with E-state index in [-0.39, 0.29) is 37.3 Å². The van der Waals surface area contributed by atoms with E-state index in [0.717, 1.165) is 22.3 Å². The summed E-state index contributed by atoms with van der Waals surface area (Å²) >= 11 is 0. The number of aliphatic carboxylic acids is 1. The maximum atomic E-state index is 12.4. The Morgan fingerprint density at radius 1 is 1.00 bits per heavy atom. The number of amides is 2. The highest BCUT2D eigenvalue weighted by atomic mass is 16.7. The van der Waals surface area contributed by atoms with Crippen LogP contribution < -0.4 is 10.8 Å². The number of nitrogens with one attached hydrogen (secondary N) is 2. The molecule has 170 valence electrons. The van der Waals surface area contributed by atoms with E-state index in [9.17, 15) is 14.4 Å². The first kappa shape index (κ1) is 23.3. The molecule has 0 aliphatic heterocycles. The normalized spacial score (nSPS) is 13.2. The van der Waals surface area contributed by atoms with E-state index < -0.39 is 24.6 Å². The van der Waals surface area contributed by atoms with Crippen molar-refractivity contribution in [3.05, 3.63) is 59.7 Å². The van der Waals surface area contributed by atoms with Crippen molar-refractivity contribution < 1.29 is 29.1 Å². The van der Waals surface area contributed by atoms with Gasteiger partial charge >= 0.3 is 12.1 Å². The Labute approximate surface area is 186 Å². The fourth-order valence-corrected chi connectivity index (χ4v) is 3.87.